The average molecular weight is 177 g/mol. The molecule has 70 valence electrons. The fourth-order valence-corrected chi connectivity index (χ4v) is 2.05. The molecule has 0 radical (unpaired) electrons. The fourth-order valence-electron chi connectivity index (χ4n) is 2.05. The van der Waals surface area contributed by atoms with Crippen LogP contribution in [-0.2, 0) is 6.42 Å². The van der Waals surface area contributed by atoms with Crippen LogP contribution in [0, 0.1) is 5.92 Å². The molecule has 2 atom stereocenters. The standard InChI is InChI=1S/C11H15NO/c12-7-9-6-5-8-3-1-2-4-10(8)11(9)13/h1-4,9,11,13H,5-7,12H2. The first-order chi connectivity index (χ1) is 6.33. The summed E-state index contributed by atoms with van der Waals surface area (Å²) >= 11 is 0. The third kappa shape index (κ3) is 1.47. The van der Waals surface area contributed by atoms with Gasteiger partial charge in [-0.1, -0.05) is 24.3 Å². The van der Waals surface area contributed by atoms with E-state index in [-0.39, 0.29) is 12.0 Å². The zero-order chi connectivity index (χ0) is 9.26. The maximum Gasteiger partial charge on any atom is 0.0833 e. The van der Waals surface area contributed by atoms with Crippen molar-refractivity contribution < 1.29 is 5.11 Å². The summed E-state index contributed by atoms with van der Waals surface area (Å²) in [6.45, 7) is 0.579. The van der Waals surface area contributed by atoms with Gasteiger partial charge in [-0.05, 0) is 30.5 Å². The van der Waals surface area contributed by atoms with Crippen molar-refractivity contribution in [3.63, 3.8) is 0 Å². The quantitative estimate of drug-likeness (QED) is 0.678. The van der Waals surface area contributed by atoms with E-state index in [2.05, 4.69) is 6.07 Å². The molecule has 2 unspecified atom stereocenters. The third-order valence-electron chi connectivity index (χ3n) is 2.91. The number of benzene rings is 1. The fraction of sp³-hybridized carbons (Fsp3) is 0.455. The summed E-state index contributed by atoms with van der Waals surface area (Å²) in [5, 5.41) is 9.94. The molecular formula is C11H15NO. The van der Waals surface area contributed by atoms with E-state index in [0.29, 0.717) is 6.54 Å². The summed E-state index contributed by atoms with van der Waals surface area (Å²) in [5.41, 5.74) is 7.94. The van der Waals surface area contributed by atoms with Gasteiger partial charge in [0.25, 0.3) is 0 Å². The van der Waals surface area contributed by atoms with Gasteiger partial charge in [0, 0.05) is 5.92 Å². The van der Waals surface area contributed by atoms with Gasteiger partial charge in [-0.15, -0.1) is 0 Å². The summed E-state index contributed by atoms with van der Waals surface area (Å²) in [7, 11) is 0. The second-order valence-corrected chi connectivity index (χ2v) is 3.68. The van der Waals surface area contributed by atoms with Crippen LogP contribution in [0.2, 0.25) is 0 Å². The van der Waals surface area contributed by atoms with Gasteiger partial charge in [0.05, 0.1) is 6.10 Å². The Morgan fingerprint density at radius 3 is 2.92 bits per heavy atom. The van der Waals surface area contributed by atoms with E-state index in [1.165, 1.54) is 5.56 Å². The molecule has 0 heterocycles. The number of hydrogen-bond donors (Lipinski definition) is 2. The van der Waals surface area contributed by atoms with Crippen LogP contribution in [-0.4, -0.2) is 11.7 Å². The first-order valence-electron chi connectivity index (χ1n) is 4.79. The molecule has 1 aliphatic carbocycles. The van der Waals surface area contributed by atoms with Crippen LogP contribution in [0.4, 0.5) is 0 Å². The lowest BCUT2D eigenvalue weighted by atomic mass is 9.81. The molecular weight excluding hydrogens is 162 g/mol. The van der Waals surface area contributed by atoms with Gasteiger partial charge in [-0.3, -0.25) is 0 Å². The third-order valence-corrected chi connectivity index (χ3v) is 2.91. The van der Waals surface area contributed by atoms with Gasteiger partial charge >= 0.3 is 0 Å². The number of rotatable bonds is 1. The van der Waals surface area contributed by atoms with Crippen LogP contribution in [0.1, 0.15) is 23.7 Å². The van der Waals surface area contributed by atoms with Crippen LogP contribution in [0.15, 0.2) is 24.3 Å². The molecule has 0 amide bonds. The minimum absolute atomic E-state index is 0.245. The molecule has 3 N–H and O–H groups in total. The van der Waals surface area contributed by atoms with Crippen LogP contribution < -0.4 is 5.73 Å². The van der Waals surface area contributed by atoms with Gasteiger partial charge < -0.3 is 10.8 Å². The van der Waals surface area contributed by atoms with Crippen molar-refractivity contribution in [3.05, 3.63) is 35.4 Å². The molecule has 1 aromatic rings. The number of hydrogen-bond acceptors (Lipinski definition) is 2. The summed E-state index contributed by atoms with van der Waals surface area (Å²) in [4.78, 5) is 0. The van der Waals surface area contributed by atoms with Crippen molar-refractivity contribution in [1.29, 1.82) is 0 Å². The van der Waals surface area contributed by atoms with Gasteiger partial charge in [-0.2, -0.15) is 0 Å². The highest BCUT2D eigenvalue weighted by atomic mass is 16.3. The maximum absolute atomic E-state index is 9.94. The Morgan fingerprint density at radius 2 is 2.15 bits per heavy atom. The molecule has 0 saturated carbocycles. The Morgan fingerprint density at radius 1 is 1.38 bits per heavy atom. The van der Waals surface area contributed by atoms with Crippen molar-refractivity contribution in [2.45, 2.75) is 18.9 Å². The van der Waals surface area contributed by atoms with Crippen molar-refractivity contribution in [3.8, 4) is 0 Å². The molecule has 0 spiro atoms. The lowest BCUT2D eigenvalue weighted by Gasteiger charge is -2.28. The zero-order valence-electron chi connectivity index (χ0n) is 7.61. The van der Waals surface area contributed by atoms with Gasteiger partial charge in [0.2, 0.25) is 0 Å². The molecule has 2 rings (SSSR count). The monoisotopic (exact) mass is 177 g/mol. The predicted octanol–water partition coefficient (Wildman–Crippen LogP) is 1.24. The van der Waals surface area contributed by atoms with Crippen LogP contribution in [0.25, 0.3) is 0 Å². The predicted molar refractivity (Wildman–Crippen MR) is 52.3 cm³/mol. The van der Waals surface area contributed by atoms with E-state index in [4.69, 9.17) is 5.73 Å². The molecule has 0 saturated heterocycles. The molecule has 2 heteroatoms. The summed E-state index contributed by atoms with van der Waals surface area (Å²) in [6, 6.07) is 8.09. The molecule has 13 heavy (non-hydrogen) atoms. The van der Waals surface area contributed by atoms with E-state index in [0.717, 1.165) is 18.4 Å². The molecule has 0 aliphatic heterocycles. The Balaban J connectivity index is 2.33. The number of nitrogens with two attached hydrogens (primary N) is 1. The summed E-state index contributed by atoms with van der Waals surface area (Å²) in [5.74, 6) is 0.245. The van der Waals surface area contributed by atoms with Gasteiger partial charge in [-0.25, -0.2) is 0 Å². The number of fused-ring (bicyclic) bond motifs is 1. The smallest absolute Gasteiger partial charge is 0.0833 e. The largest absolute Gasteiger partial charge is 0.388 e. The van der Waals surface area contributed by atoms with E-state index in [9.17, 15) is 5.11 Å². The molecule has 2 nitrogen and oxygen atoms in total. The van der Waals surface area contributed by atoms with Gasteiger partial charge in [0.15, 0.2) is 0 Å². The molecule has 0 fully saturated rings. The van der Waals surface area contributed by atoms with Crippen molar-refractivity contribution in [2.75, 3.05) is 6.54 Å². The van der Waals surface area contributed by atoms with Crippen LogP contribution in [0.5, 0.6) is 0 Å². The molecule has 0 bridgehead atoms. The zero-order valence-corrected chi connectivity index (χ0v) is 7.61. The second-order valence-electron chi connectivity index (χ2n) is 3.68. The topological polar surface area (TPSA) is 46.2 Å². The lowest BCUT2D eigenvalue weighted by molar-refractivity contribution is 0.0981. The summed E-state index contributed by atoms with van der Waals surface area (Å²) in [6.07, 6.45) is 1.71. The minimum atomic E-state index is -0.352. The average Bonchev–Trinajstić information content (AvgIpc) is 2.19. The molecule has 1 aromatic carbocycles. The Kier molecular flexibility index (Phi) is 2.34. The number of aliphatic hydroxyl groups is 1. The van der Waals surface area contributed by atoms with E-state index >= 15 is 0 Å². The van der Waals surface area contributed by atoms with Crippen LogP contribution >= 0.6 is 0 Å². The first-order valence-corrected chi connectivity index (χ1v) is 4.79. The molecule has 1 aliphatic rings. The summed E-state index contributed by atoms with van der Waals surface area (Å²) < 4.78 is 0. The number of aryl methyl sites for hydroxylation is 1. The number of aliphatic hydroxyl groups excluding tert-OH is 1. The van der Waals surface area contributed by atoms with Gasteiger partial charge in [0.1, 0.15) is 0 Å². The molecule has 0 aromatic heterocycles. The Bertz CT molecular complexity index is 298. The van der Waals surface area contributed by atoms with Crippen molar-refractivity contribution in [2.24, 2.45) is 11.7 Å². The Hall–Kier alpha value is -0.860. The maximum atomic E-state index is 9.94. The minimum Gasteiger partial charge on any atom is -0.388 e. The van der Waals surface area contributed by atoms with E-state index < -0.39 is 0 Å². The SMILES string of the molecule is NCC1CCc2ccccc2C1O. The highest BCUT2D eigenvalue weighted by molar-refractivity contribution is 5.31. The van der Waals surface area contributed by atoms with E-state index in [1.807, 2.05) is 18.2 Å². The lowest BCUT2D eigenvalue weighted by Crippen LogP contribution is -2.26. The van der Waals surface area contributed by atoms with E-state index in [1.54, 1.807) is 0 Å². The first kappa shape index (κ1) is 8.73. The normalized spacial score (nSPS) is 26.9. The van der Waals surface area contributed by atoms with Crippen molar-refractivity contribution in [1.82, 2.24) is 0 Å². The highest BCUT2D eigenvalue weighted by Gasteiger charge is 2.25. The second kappa shape index (κ2) is 3.48. The van der Waals surface area contributed by atoms with Crippen LogP contribution in [0.3, 0.4) is 0 Å². The Labute approximate surface area is 78.4 Å². The highest BCUT2D eigenvalue weighted by Crippen LogP contribution is 2.33. The van der Waals surface area contributed by atoms with Crippen molar-refractivity contribution >= 4 is 0 Å².